The van der Waals surface area contributed by atoms with Gasteiger partial charge < -0.3 is 9.15 Å². The Morgan fingerprint density at radius 3 is 2.23 bits per heavy atom. The van der Waals surface area contributed by atoms with E-state index in [0.29, 0.717) is 52.3 Å². The first-order valence-corrected chi connectivity index (χ1v) is 11.7. The van der Waals surface area contributed by atoms with Crippen LogP contribution in [-0.2, 0) is 6.42 Å². The van der Waals surface area contributed by atoms with Gasteiger partial charge in [0, 0.05) is 33.1 Å². The highest BCUT2D eigenvalue weighted by Crippen LogP contribution is 2.29. The van der Waals surface area contributed by atoms with Gasteiger partial charge in [0.1, 0.15) is 11.5 Å². The number of hydrazine groups is 1. The monoisotopic (exact) mass is 538 g/mol. The second kappa shape index (κ2) is 10.6. The third-order valence-corrected chi connectivity index (χ3v) is 6.10. The lowest BCUT2D eigenvalue weighted by Crippen LogP contribution is -2.41. The molecule has 9 nitrogen and oxygen atoms in total. The van der Waals surface area contributed by atoms with Gasteiger partial charge in [-0.15, -0.1) is 0 Å². The van der Waals surface area contributed by atoms with Gasteiger partial charge in [-0.2, -0.15) is 5.10 Å². The van der Waals surface area contributed by atoms with Gasteiger partial charge >= 0.3 is 5.91 Å². The molecule has 4 rings (SSSR count). The van der Waals surface area contributed by atoms with Crippen molar-refractivity contribution < 1.29 is 23.5 Å². The van der Waals surface area contributed by atoms with Gasteiger partial charge in [-0.05, 0) is 68.3 Å². The minimum atomic E-state index is -0.586. The number of hydrogen-bond acceptors (Lipinski definition) is 6. The SMILES string of the molecule is COc1ccc(C(=O)NNC(=O)c2oc3c(c2C)/C(=N/NC(=O)c2ccc(Br)cc2)CCC3)cc1. The molecule has 1 aromatic heterocycles. The fraction of sp³-hybridized carbons (Fsp3) is 0.200. The Morgan fingerprint density at radius 1 is 0.914 bits per heavy atom. The summed E-state index contributed by atoms with van der Waals surface area (Å²) in [5, 5.41) is 4.32. The molecule has 35 heavy (non-hydrogen) atoms. The fourth-order valence-electron chi connectivity index (χ4n) is 3.77. The Labute approximate surface area is 210 Å². The van der Waals surface area contributed by atoms with E-state index in [1.807, 2.05) is 0 Å². The van der Waals surface area contributed by atoms with Crippen molar-refractivity contribution in [2.24, 2.45) is 5.10 Å². The molecule has 1 aliphatic carbocycles. The Hall–Kier alpha value is -3.92. The van der Waals surface area contributed by atoms with Crippen LogP contribution in [0.2, 0.25) is 0 Å². The predicted octanol–water partition coefficient (Wildman–Crippen LogP) is 3.90. The highest BCUT2D eigenvalue weighted by atomic mass is 79.9. The van der Waals surface area contributed by atoms with Crippen molar-refractivity contribution in [2.75, 3.05) is 7.11 Å². The Morgan fingerprint density at radius 2 is 1.54 bits per heavy atom. The van der Waals surface area contributed by atoms with Crippen molar-refractivity contribution in [3.63, 3.8) is 0 Å². The van der Waals surface area contributed by atoms with Gasteiger partial charge in [-0.1, -0.05) is 15.9 Å². The molecule has 180 valence electrons. The number of furan rings is 1. The lowest BCUT2D eigenvalue weighted by atomic mass is 9.93. The molecule has 0 saturated heterocycles. The maximum Gasteiger partial charge on any atom is 0.305 e. The summed E-state index contributed by atoms with van der Waals surface area (Å²) >= 11 is 3.34. The van der Waals surface area contributed by atoms with E-state index in [9.17, 15) is 14.4 Å². The predicted molar refractivity (Wildman–Crippen MR) is 132 cm³/mol. The number of hydrazone groups is 1. The summed E-state index contributed by atoms with van der Waals surface area (Å²) in [6.07, 6.45) is 2.03. The second-order valence-electron chi connectivity index (χ2n) is 7.85. The lowest BCUT2D eigenvalue weighted by molar-refractivity contribution is 0.0829. The molecular weight excluding hydrogens is 516 g/mol. The van der Waals surface area contributed by atoms with Crippen LogP contribution in [0, 0.1) is 6.92 Å². The molecule has 0 fully saturated rings. The lowest BCUT2D eigenvalue weighted by Gasteiger charge is -2.13. The summed E-state index contributed by atoms with van der Waals surface area (Å²) in [6.45, 7) is 1.75. The van der Waals surface area contributed by atoms with Crippen LogP contribution in [0.5, 0.6) is 5.75 Å². The fourth-order valence-corrected chi connectivity index (χ4v) is 4.03. The normalized spacial score (nSPS) is 13.6. The summed E-state index contributed by atoms with van der Waals surface area (Å²) in [7, 11) is 1.53. The van der Waals surface area contributed by atoms with E-state index in [1.54, 1.807) is 55.5 Å². The Kier molecular flexibility index (Phi) is 7.31. The van der Waals surface area contributed by atoms with Gasteiger partial charge in [-0.3, -0.25) is 25.2 Å². The Balaban J connectivity index is 1.45. The molecular formula is C25H23BrN4O5. The zero-order chi connectivity index (χ0) is 24.9. The number of aryl methyl sites for hydroxylation is 1. The summed E-state index contributed by atoms with van der Waals surface area (Å²) in [5.41, 5.74) is 10.1. The zero-order valence-corrected chi connectivity index (χ0v) is 20.7. The molecule has 1 heterocycles. The first kappa shape index (κ1) is 24.2. The van der Waals surface area contributed by atoms with Crippen molar-refractivity contribution >= 4 is 39.4 Å². The van der Waals surface area contributed by atoms with Crippen molar-refractivity contribution in [2.45, 2.75) is 26.2 Å². The maximum absolute atomic E-state index is 12.8. The van der Waals surface area contributed by atoms with Gasteiger partial charge in [-0.25, -0.2) is 5.43 Å². The number of carbonyl (C=O) groups excluding carboxylic acids is 3. The van der Waals surface area contributed by atoms with Gasteiger partial charge in [0.05, 0.1) is 12.8 Å². The zero-order valence-electron chi connectivity index (χ0n) is 19.1. The molecule has 0 bridgehead atoms. The molecule has 0 unspecified atom stereocenters. The van der Waals surface area contributed by atoms with E-state index in [-0.39, 0.29) is 11.7 Å². The summed E-state index contributed by atoms with van der Waals surface area (Å²) < 4.78 is 11.8. The minimum absolute atomic E-state index is 0.0823. The third kappa shape index (κ3) is 5.43. The van der Waals surface area contributed by atoms with Crippen LogP contribution in [-0.4, -0.2) is 30.5 Å². The number of rotatable bonds is 5. The molecule has 0 radical (unpaired) electrons. The number of benzene rings is 2. The molecule has 3 N–H and O–H groups in total. The molecule has 1 aliphatic rings. The van der Waals surface area contributed by atoms with Crippen LogP contribution in [0.3, 0.4) is 0 Å². The van der Waals surface area contributed by atoms with E-state index in [0.717, 1.165) is 10.9 Å². The summed E-state index contributed by atoms with van der Waals surface area (Å²) in [5.74, 6) is -0.0777. The third-order valence-electron chi connectivity index (χ3n) is 5.57. The average molecular weight is 539 g/mol. The molecule has 0 atom stereocenters. The van der Waals surface area contributed by atoms with Gasteiger partial charge in [0.2, 0.25) is 0 Å². The van der Waals surface area contributed by atoms with E-state index >= 15 is 0 Å². The molecule has 3 amide bonds. The second-order valence-corrected chi connectivity index (χ2v) is 8.77. The Bertz CT molecular complexity index is 1300. The highest BCUT2D eigenvalue weighted by molar-refractivity contribution is 9.10. The molecule has 0 saturated carbocycles. The van der Waals surface area contributed by atoms with Crippen LogP contribution in [0.1, 0.15) is 61.0 Å². The van der Waals surface area contributed by atoms with Crippen LogP contribution < -0.4 is 21.0 Å². The smallest absolute Gasteiger partial charge is 0.305 e. The van der Waals surface area contributed by atoms with E-state index in [2.05, 4.69) is 37.3 Å². The first-order chi connectivity index (χ1) is 16.9. The average Bonchev–Trinajstić information content (AvgIpc) is 3.23. The van der Waals surface area contributed by atoms with Gasteiger partial charge in [0.15, 0.2) is 5.76 Å². The van der Waals surface area contributed by atoms with E-state index in [4.69, 9.17) is 9.15 Å². The first-order valence-electron chi connectivity index (χ1n) is 10.9. The number of nitrogens with zero attached hydrogens (tertiary/aromatic N) is 1. The van der Waals surface area contributed by atoms with E-state index < -0.39 is 11.8 Å². The number of amides is 3. The van der Waals surface area contributed by atoms with Crippen LogP contribution in [0.25, 0.3) is 0 Å². The quantitative estimate of drug-likeness (QED) is 0.425. The topological polar surface area (TPSA) is 122 Å². The highest BCUT2D eigenvalue weighted by Gasteiger charge is 2.28. The number of halogens is 1. The number of methoxy groups -OCH3 is 1. The molecule has 10 heteroatoms. The van der Waals surface area contributed by atoms with Crippen molar-refractivity contribution in [1.29, 1.82) is 0 Å². The number of ether oxygens (including phenoxy) is 1. The summed E-state index contributed by atoms with van der Waals surface area (Å²) in [4.78, 5) is 37.5. The minimum Gasteiger partial charge on any atom is -0.497 e. The molecule has 0 aliphatic heterocycles. The molecule has 0 spiro atoms. The molecule has 3 aromatic rings. The summed E-state index contributed by atoms with van der Waals surface area (Å²) in [6, 6.07) is 13.4. The van der Waals surface area contributed by atoms with Crippen molar-refractivity contribution in [1.82, 2.24) is 16.3 Å². The molecule has 2 aromatic carbocycles. The van der Waals surface area contributed by atoms with Crippen LogP contribution >= 0.6 is 15.9 Å². The number of fused-ring (bicyclic) bond motifs is 1. The van der Waals surface area contributed by atoms with Crippen molar-refractivity contribution in [3.8, 4) is 5.75 Å². The maximum atomic E-state index is 12.8. The van der Waals surface area contributed by atoms with Crippen molar-refractivity contribution in [3.05, 3.63) is 86.8 Å². The van der Waals surface area contributed by atoms with Gasteiger partial charge in [0.25, 0.3) is 11.8 Å². The van der Waals surface area contributed by atoms with Crippen LogP contribution in [0.4, 0.5) is 0 Å². The van der Waals surface area contributed by atoms with Crippen LogP contribution in [0.15, 0.2) is 62.5 Å². The van der Waals surface area contributed by atoms with E-state index in [1.165, 1.54) is 7.11 Å². The number of nitrogens with one attached hydrogen (secondary N) is 3. The number of hydrogen-bond donors (Lipinski definition) is 3. The largest absolute Gasteiger partial charge is 0.497 e. The standard InChI is InChI=1S/C25H23BrN4O5/c1-14-21-19(27-28-23(31)15-6-10-17(26)11-7-15)4-3-5-20(21)35-22(14)25(33)30-29-24(32)16-8-12-18(34-2)13-9-16/h6-13H,3-5H2,1-2H3,(H,28,31)(H,29,32)(H,30,33)/b27-19+. The number of carbonyl (C=O) groups is 3.